The number of hydrogen-bond acceptors (Lipinski definition) is 3. The molecule has 0 heterocycles. The zero-order chi connectivity index (χ0) is 21.3. The van der Waals surface area contributed by atoms with Gasteiger partial charge in [0.2, 0.25) is 0 Å². The van der Waals surface area contributed by atoms with E-state index in [0.717, 1.165) is 18.6 Å². The molecule has 0 radical (unpaired) electrons. The summed E-state index contributed by atoms with van der Waals surface area (Å²) in [4.78, 5) is 2.29. The van der Waals surface area contributed by atoms with Gasteiger partial charge in [-0.25, -0.2) is 0 Å². The van der Waals surface area contributed by atoms with Crippen molar-refractivity contribution in [3.8, 4) is 28.0 Å². The summed E-state index contributed by atoms with van der Waals surface area (Å²) < 4.78 is 11.3. The monoisotopic (exact) mass is 437 g/mol. The van der Waals surface area contributed by atoms with Crippen molar-refractivity contribution >= 4 is 12.4 Å². The summed E-state index contributed by atoms with van der Waals surface area (Å²) in [5, 5.41) is 0. The zero-order valence-corrected chi connectivity index (χ0v) is 19.8. The lowest BCUT2D eigenvalue weighted by Crippen LogP contribution is -2.50. The van der Waals surface area contributed by atoms with Gasteiger partial charge >= 0.3 is 0 Å². The fraction of sp³-hybridized carbons (Fsp3) is 0.333. The minimum atomic E-state index is -0.284. The summed E-state index contributed by atoms with van der Waals surface area (Å²) >= 11 is 0. The maximum Gasteiger partial charge on any atom is 0.118 e. The Kier molecular flexibility index (Phi) is 7.10. The maximum absolute atomic E-state index is 6.06. The summed E-state index contributed by atoms with van der Waals surface area (Å²) in [5.41, 5.74) is 7.33. The molecule has 1 aliphatic rings. The summed E-state index contributed by atoms with van der Waals surface area (Å²) in [6, 6.07) is 24.2. The molecule has 0 saturated heterocycles. The molecular formula is C27H32ClNO2. The van der Waals surface area contributed by atoms with Crippen molar-refractivity contribution in [2.24, 2.45) is 0 Å². The molecule has 0 bridgehead atoms. The topological polar surface area (TPSA) is 21.7 Å². The first kappa shape index (κ1) is 23.3. The van der Waals surface area contributed by atoms with Crippen molar-refractivity contribution in [2.45, 2.75) is 31.4 Å². The third-order valence-corrected chi connectivity index (χ3v) is 6.65. The molecule has 3 aromatic rings. The van der Waals surface area contributed by atoms with Gasteiger partial charge in [0.1, 0.15) is 11.4 Å². The lowest BCUT2D eigenvalue weighted by atomic mass is 9.75. The van der Waals surface area contributed by atoms with Gasteiger partial charge in [-0.05, 0) is 79.4 Å². The van der Waals surface area contributed by atoms with Gasteiger partial charge < -0.3 is 14.4 Å². The van der Waals surface area contributed by atoms with Crippen LogP contribution in [-0.2, 0) is 16.8 Å². The standard InChI is InChI=1S/C27H31NO2.ClH/c1-27(30-5)25-16-12-22(18-23(25)13-17-26(27)28(2)3)21-8-6-19(7-9-21)20-10-14-24(29-4)15-11-20;/h6-12,14-16,18,26H,13,17H2,1-5H3;1H. The second kappa shape index (κ2) is 9.44. The number of nitrogens with zero attached hydrogens (tertiary/aromatic N) is 1. The van der Waals surface area contributed by atoms with Crippen LogP contribution in [0.3, 0.4) is 0 Å². The maximum atomic E-state index is 6.06. The van der Waals surface area contributed by atoms with Gasteiger partial charge in [-0.3, -0.25) is 0 Å². The van der Waals surface area contributed by atoms with Gasteiger partial charge in [-0.2, -0.15) is 0 Å². The molecule has 4 heteroatoms. The van der Waals surface area contributed by atoms with Crippen LogP contribution in [0.1, 0.15) is 24.5 Å². The molecule has 2 atom stereocenters. The van der Waals surface area contributed by atoms with Gasteiger partial charge in [0, 0.05) is 13.2 Å². The van der Waals surface area contributed by atoms with E-state index < -0.39 is 0 Å². The molecule has 3 aromatic carbocycles. The van der Waals surface area contributed by atoms with Gasteiger partial charge in [-0.15, -0.1) is 12.4 Å². The van der Waals surface area contributed by atoms with Gasteiger partial charge in [-0.1, -0.05) is 54.6 Å². The van der Waals surface area contributed by atoms with Crippen LogP contribution in [0.5, 0.6) is 5.75 Å². The summed E-state index contributed by atoms with van der Waals surface area (Å²) in [6.07, 6.45) is 2.18. The molecule has 4 rings (SSSR count). The number of halogens is 1. The molecule has 164 valence electrons. The summed E-state index contributed by atoms with van der Waals surface area (Å²) in [5.74, 6) is 0.879. The zero-order valence-electron chi connectivity index (χ0n) is 19.0. The van der Waals surface area contributed by atoms with Crippen LogP contribution in [0.2, 0.25) is 0 Å². The van der Waals surface area contributed by atoms with E-state index in [1.54, 1.807) is 7.11 Å². The molecule has 2 unspecified atom stereocenters. The molecular weight excluding hydrogens is 406 g/mol. The Morgan fingerprint density at radius 2 is 1.32 bits per heavy atom. The Labute approximate surface area is 192 Å². The van der Waals surface area contributed by atoms with Crippen molar-refractivity contribution in [3.05, 3.63) is 77.9 Å². The normalized spacial score (nSPS) is 20.1. The first-order valence-corrected chi connectivity index (χ1v) is 10.6. The molecule has 1 aliphatic carbocycles. The van der Waals surface area contributed by atoms with E-state index in [9.17, 15) is 0 Å². The van der Waals surface area contributed by atoms with Crippen LogP contribution in [0, 0.1) is 0 Å². The molecule has 3 nitrogen and oxygen atoms in total. The molecule has 0 aromatic heterocycles. The van der Waals surface area contributed by atoms with Crippen LogP contribution in [0.25, 0.3) is 22.3 Å². The lowest BCUT2D eigenvalue weighted by molar-refractivity contribution is -0.0686. The van der Waals surface area contributed by atoms with E-state index in [1.165, 1.54) is 33.4 Å². The highest BCUT2D eigenvalue weighted by molar-refractivity contribution is 5.85. The summed E-state index contributed by atoms with van der Waals surface area (Å²) in [7, 11) is 7.81. The largest absolute Gasteiger partial charge is 0.497 e. The van der Waals surface area contributed by atoms with Crippen molar-refractivity contribution < 1.29 is 9.47 Å². The van der Waals surface area contributed by atoms with E-state index in [1.807, 2.05) is 19.2 Å². The number of rotatable bonds is 5. The molecule has 31 heavy (non-hydrogen) atoms. The number of benzene rings is 3. The third-order valence-electron chi connectivity index (χ3n) is 6.65. The van der Waals surface area contributed by atoms with E-state index in [0.29, 0.717) is 6.04 Å². The smallest absolute Gasteiger partial charge is 0.118 e. The minimum absolute atomic E-state index is 0. The average molecular weight is 438 g/mol. The van der Waals surface area contributed by atoms with Crippen LogP contribution >= 0.6 is 12.4 Å². The summed E-state index contributed by atoms with van der Waals surface area (Å²) in [6.45, 7) is 2.22. The van der Waals surface area contributed by atoms with Crippen LogP contribution in [0.15, 0.2) is 66.7 Å². The number of ether oxygens (including phenoxy) is 2. The predicted molar refractivity (Wildman–Crippen MR) is 131 cm³/mol. The van der Waals surface area contributed by atoms with Crippen molar-refractivity contribution in [2.75, 3.05) is 28.3 Å². The Balaban J connectivity index is 0.00000272. The third kappa shape index (κ3) is 4.36. The van der Waals surface area contributed by atoms with Crippen molar-refractivity contribution in [1.82, 2.24) is 4.90 Å². The van der Waals surface area contributed by atoms with Gasteiger partial charge in [0.15, 0.2) is 0 Å². The molecule has 0 fully saturated rings. The van der Waals surface area contributed by atoms with Crippen molar-refractivity contribution in [1.29, 1.82) is 0 Å². The average Bonchev–Trinajstić information content (AvgIpc) is 2.79. The number of methoxy groups -OCH3 is 2. The first-order chi connectivity index (χ1) is 14.5. The second-order valence-corrected chi connectivity index (χ2v) is 8.51. The Morgan fingerprint density at radius 3 is 1.84 bits per heavy atom. The molecule has 0 amide bonds. The highest BCUT2D eigenvalue weighted by Crippen LogP contribution is 2.41. The van der Waals surface area contributed by atoms with Crippen molar-refractivity contribution in [3.63, 3.8) is 0 Å². The van der Waals surface area contributed by atoms with E-state index >= 15 is 0 Å². The molecule has 0 N–H and O–H groups in total. The second-order valence-electron chi connectivity index (χ2n) is 8.51. The Hall–Kier alpha value is -2.33. The predicted octanol–water partition coefficient (Wildman–Crippen LogP) is 6.19. The van der Waals surface area contributed by atoms with E-state index in [-0.39, 0.29) is 18.0 Å². The van der Waals surface area contributed by atoms with Gasteiger partial charge in [0.05, 0.1) is 7.11 Å². The number of fused-ring (bicyclic) bond motifs is 1. The number of hydrogen-bond donors (Lipinski definition) is 0. The highest BCUT2D eigenvalue weighted by atomic mass is 35.5. The molecule has 0 aliphatic heterocycles. The van der Waals surface area contributed by atoms with Crippen LogP contribution in [-0.4, -0.2) is 39.3 Å². The Bertz CT molecular complexity index is 1010. The van der Waals surface area contributed by atoms with E-state index in [4.69, 9.17) is 9.47 Å². The molecule has 0 spiro atoms. The number of aryl methyl sites for hydroxylation is 1. The Morgan fingerprint density at radius 1 is 0.806 bits per heavy atom. The quantitative estimate of drug-likeness (QED) is 0.475. The fourth-order valence-electron chi connectivity index (χ4n) is 4.85. The lowest BCUT2D eigenvalue weighted by Gasteiger charge is -2.45. The van der Waals surface area contributed by atoms with Crippen LogP contribution in [0.4, 0.5) is 0 Å². The SMILES string of the molecule is COc1ccc(-c2ccc(-c3ccc4c(c3)CCC(N(C)C)C4(C)OC)cc2)cc1.Cl. The molecule has 0 saturated carbocycles. The first-order valence-electron chi connectivity index (χ1n) is 10.6. The van der Waals surface area contributed by atoms with Gasteiger partial charge in [0.25, 0.3) is 0 Å². The highest BCUT2D eigenvalue weighted by Gasteiger charge is 2.41. The minimum Gasteiger partial charge on any atom is -0.497 e. The van der Waals surface area contributed by atoms with E-state index in [2.05, 4.69) is 80.5 Å². The number of likely N-dealkylation sites (N-methyl/N-ethyl adjacent to an activating group) is 1. The van der Waals surface area contributed by atoms with Crippen LogP contribution < -0.4 is 4.74 Å². The fourth-order valence-corrected chi connectivity index (χ4v) is 4.85.